The van der Waals surface area contributed by atoms with Crippen LogP contribution in [0, 0.1) is 5.92 Å². The summed E-state index contributed by atoms with van der Waals surface area (Å²) >= 11 is 0. The second-order valence-electron chi connectivity index (χ2n) is 11.2. The van der Waals surface area contributed by atoms with E-state index in [1.807, 2.05) is 36.4 Å². The fourth-order valence-corrected chi connectivity index (χ4v) is 5.39. The zero-order valence-corrected chi connectivity index (χ0v) is 26.0. The van der Waals surface area contributed by atoms with Crippen molar-refractivity contribution in [3.63, 3.8) is 0 Å². The number of para-hydroxylation sites is 1. The number of amides is 4. The molecule has 1 fully saturated rings. The third kappa shape index (κ3) is 10.4. The molecule has 0 bridgehead atoms. The first-order chi connectivity index (χ1) is 21.8. The molecule has 0 radical (unpaired) electrons. The minimum Gasteiger partial charge on any atom is -0.484 e. The molecule has 0 aliphatic heterocycles. The summed E-state index contributed by atoms with van der Waals surface area (Å²) in [5, 5.41) is 5.38. The van der Waals surface area contributed by atoms with Crippen molar-refractivity contribution in [1.29, 1.82) is 0 Å². The maximum atomic E-state index is 13.5. The predicted molar refractivity (Wildman–Crippen MR) is 175 cm³/mol. The van der Waals surface area contributed by atoms with Crippen LogP contribution in [-0.4, -0.2) is 57.7 Å². The van der Waals surface area contributed by atoms with Gasteiger partial charge in [-0.25, -0.2) is 4.79 Å². The molecule has 3 aromatic carbocycles. The van der Waals surface area contributed by atoms with E-state index < -0.39 is 6.03 Å². The molecule has 0 heterocycles. The number of methoxy groups -OCH3 is 1. The van der Waals surface area contributed by atoms with Crippen LogP contribution < -0.4 is 25.2 Å². The van der Waals surface area contributed by atoms with Crippen molar-refractivity contribution in [3.05, 3.63) is 84.4 Å². The minimum absolute atomic E-state index is 0.0861. The highest BCUT2D eigenvalue weighted by Gasteiger charge is 2.21. The van der Waals surface area contributed by atoms with Gasteiger partial charge in [0.1, 0.15) is 5.75 Å². The summed E-state index contributed by atoms with van der Waals surface area (Å²) in [7, 11) is 3.02. The molecule has 238 valence electrons. The summed E-state index contributed by atoms with van der Waals surface area (Å²) in [4.78, 5) is 53.8. The Morgan fingerprint density at radius 2 is 1.58 bits per heavy atom. The predicted octanol–water partition coefficient (Wildman–Crippen LogP) is 5.57. The number of urea groups is 1. The number of nitrogens with one attached hydrogen (secondary N) is 2. The molecule has 45 heavy (non-hydrogen) atoms. The number of carbonyl (C=O) groups excluding carboxylic acids is 4. The number of carbonyl (C=O) groups is 4. The van der Waals surface area contributed by atoms with Gasteiger partial charge in [-0.1, -0.05) is 68.5 Å². The van der Waals surface area contributed by atoms with Crippen LogP contribution in [0.2, 0.25) is 0 Å². The van der Waals surface area contributed by atoms with Gasteiger partial charge in [0.05, 0.1) is 20.1 Å². The van der Waals surface area contributed by atoms with Crippen molar-refractivity contribution >= 4 is 40.9 Å². The Balaban J connectivity index is 1.39. The van der Waals surface area contributed by atoms with E-state index in [2.05, 4.69) is 10.6 Å². The molecule has 3 aromatic rings. The maximum absolute atomic E-state index is 13.5. The molecule has 0 spiro atoms. The Morgan fingerprint density at radius 1 is 0.844 bits per heavy atom. The molecule has 4 amide bonds. The van der Waals surface area contributed by atoms with E-state index in [9.17, 15) is 19.2 Å². The van der Waals surface area contributed by atoms with E-state index in [0.29, 0.717) is 35.2 Å². The van der Waals surface area contributed by atoms with Gasteiger partial charge in [0.2, 0.25) is 5.91 Å². The molecular weight excluding hydrogens is 572 g/mol. The maximum Gasteiger partial charge on any atom is 0.319 e. The molecule has 0 unspecified atom stereocenters. The fraction of sp³-hybridized carbons (Fsp3) is 0.371. The van der Waals surface area contributed by atoms with E-state index >= 15 is 0 Å². The number of esters is 1. The Bertz CT molecular complexity index is 1440. The van der Waals surface area contributed by atoms with E-state index in [1.54, 1.807) is 54.4 Å². The number of rotatable bonds is 13. The van der Waals surface area contributed by atoms with Crippen LogP contribution >= 0.6 is 0 Å². The van der Waals surface area contributed by atoms with E-state index in [4.69, 9.17) is 9.47 Å². The van der Waals surface area contributed by atoms with Crippen molar-refractivity contribution in [2.45, 2.75) is 44.9 Å². The molecular formula is C35H42N4O6. The minimum atomic E-state index is -0.538. The quantitative estimate of drug-likeness (QED) is 0.243. The number of benzene rings is 3. The average molecular weight is 615 g/mol. The summed E-state index contributed by atoms with van der Waals surface area (Å²) in [6.07, 6.45) is 6.90. The van der Waals surface area contributed by atoms with Crippen LogP contribution in [0.4, 0.5) is 21.9 Å². The van der Waals surface area contributed by atoms with Gasteiger partial charge in [-0.2, -0.15) is 0 Å². The SMILES string of the molecule is COC(=O)Cc1cccc(NC(=O)NCC(=O)N(CCC2CCCCC2)c2cccc(OCC(=O)N(C)c3ccccc3)c2)c1. The number of hydrogen-bond acceptors (Lipinski definition) is 6. The Morgan fingerprint density at radius 3 is 2.33 bits per heavy atom. The van der Waals surface area contributed by atoms with Crippen LogP contribution in [0.15, 0.2) is 78.9 Å². The van der Waals surface area contributed by atoms with Gasteiger partial charge in [0, 0.05) is 36.7 Å². The first kappa shape index (κ1) is 33.0. The average Bonchev–Trinajstić information content (AvgIpc) is 3.07. The molecule has 2 N–H and O–H groups in total. The summed E-state index contributed by atoms with van der Waals surface area (Å²) in [5.41, 5.74) is 2.59. The molecule has 10 heteroatoms. The first-order valence-electron chi connectivity index (χ1n) is 15.4. The molecule has 0 atom stereocenters. The van der Waals surface area contributed by atoms with E-state index in [-0.39, 0.29) is 37.4 Å². The van der Waals surface area contributed by atoms with Crippen molar-refractivity contribution in [3.8, 4) is 5.75 Å². The van der Waals surface area contributed by atoms with Gasteiger partial charge in [-0.3, -0.25) is 14.4 Å². The molecule has 1 saturated carbocycles. The third-order valence-electron chi connectivity index (χ3n) is 7.96. The monoisotopic (exact) mass is 614 g/mol. The fourth-order valence-electron chi connectivity index (χ4n) is 5.39. The number of ether oxygens (including phenoxy) is 2. The van der Waals surface area contributed by atoms with Crippen molar-refractivity contribution < 1.29 is 28.7 Å². The lowest BCUT2D eigenvalue weighted by molar-refractivity contribution is -0.139. The van der Waals surface area contributed by atoms with Gasteiger partial charge >= 0.3 is 12.0 Å². The summed E-state index contributed by atoms with van der Waals surface area (Å²) in [6.45, 7) is 0.124. The first-order valence-corrected chi connectivity index (χ1v) is 15.4. The highest BCUT2D eigenvalue weighted by Crippen LogP contribution is 2.28. The largest absolute Gasteiger partial charge is 0.484 e. The molecule has 1 aliphatic carbocycles. The number of hydrogen-bond donors (Lipinski definition) is 2. The van der Waals surface area contributed by atoms with Gasteiger partial charge in [0.15, 0.2) is 6.61 Å². The summed E-state index contributed by atoms with van der Waals surface area (Å²) in [6, 6.07) is 22.8. The summed E-state index contributed by atoms with van der Waals surface area (Å²) < 4.78 is 10.6. The second-order valence-corrected chi connectivity index (χ2v) is 11.2. The Kier molecular flexibility index (Phi) is 12.4. The molecule has 10 nitrogen and oxygen atoms in total. The van der Waals surface area contributed by atoms with Gasteiger partial charge in [0.25, 0.3) is 5.91 Å². The van der Waals surface area contributed by atoms with E-state index in [1.165, 1.54) is 31.3 Å². The van der Waals surface area contributed by atoms with Crippen LogP contribution in [0.25, 0.3) is 0 Å². The Labute approximate surface area is 264 Å². The molecule has 1 aliphatic rings. The van der Waals surface area contributed by atoms with Crippen molar-refractivity contribution in [2.75, 3.05) is 49.0 Å². The lowest BCUT2D eigenvalue weighted by Gasteiger charge is -2.28. The van der Waals surface area contributed by atoms with Gasteiger partial charge in [-0.15, -0.1) is 0 Å². The van der Waals surface area contributed by atoms with Gasteiger partial charge in [-0.05, 0) is 54.3 Å². The lowest BCUT2D eigenvalue weighted by atomic mass is 9.87. The third-order valence-corrected chi connectivity index (χ3v) is 7.96. The van der Waals surface area contributed by atoms with Crippen molar-refractivity contribution in [1.82, 2.24) is 5.32 Å². The van der Waals surface area contributed by atoms with Crippen LogP contribution in [0.1, 0.15) is 44.1 Å². The Hall–Kier alpha value is -4.86. The lowest BCUT2D eigenvalue weighted by Crippen LogP contribution is -2.42. The summed E-state index contributed by atoms with van der Waals surface area (Å²) in [5.74, 6) is 0.167. The highest BCUT2D eigenvalue weighted by atomic mass is 16.5. The molecule has 4 rings (SSSR count). The second kappa shape index (κ2) is 16.8. The number of nitrogens with zero attached hydrogens (tertiary/aromatic N) is 2. The topological polar surface area (TPSA) is 117 Å². The smallest absolute Gasteiger partial charge is 0.319 e. The molecule has 0 aromatic heterocycles. The van der Waals surface area contributed by atoms with E-state index in [0.717, 1.165) is 24.9 Å². The van der Waals surface area contributed by atoms with Crippen LogP contribution in [0.3, 0.4) is 0 Å². The van der Waals surface area contributed by atoms with Crippen molar-refractivity contribution in [2.24, 2.45) is 5.92 Å². The highest BCUT2D eigenvalue weighted by molar-refractivity contribution is 5.98. The van der Waals surface area contributed by atoms with Gasteiger partial charge < -0.3 is 29.9 Å². The number of anilines is 3. The van der Waals surface area contributed by atoms with Crippen LogP contribution in [0.5, 0.6) is 5.75 Å². The normalized spacial score (nSPS) is 12.9. The zero-order chi connectivity index (χ0) is 32.0. The number of likely N-dealkylation sites (N-methyl/N-ethyl adjacent to an activating group) is 1. The molecule has 0 saturated heterocycles. The van der Waals surface area contributed by atoms with Crippen LogP contribution in [-0.2, 0) is 25.5 Å². The zero-order valence-electron chi connectivity index (χ0n) is 26.0. The standard InChI is InChI=1S/C35H42N4O6/c1-38(29-15-7-4-8-16-29)33(41)25-45-31-18-10-17-30(23-31)39(20-19-26-11-5-3-6-12-26)32(40)24-36-35(43)37-28-14-9-13-27(21-28)22-34(42)44-2/h4,7-10,13-18,21,23,26H,3,5-6,11-12,19-20,22,24-25H2,1-2H3,(H2,36,37,43).